The molecule has 0 heterocycles. The van der Waals surface area contributed by atoms with Gasteiger partial charge in [0.15, 0.2) is 0 Å². The van der Waals surface area contributed by atoms with Crippen LogP contribution < -0.4 is 10.0 Å². The first-order chi connectivity index (χ1) is 5.73. The van der Waals surface area contributed by atoms with Crippen LogP contribution in [0, 0.1) is 0 Å². The predicted octanol–water partition coefficient (Wildman–Crippen LogP) is 0.312. The van der Waals surface area contributed by atoms with E-state index in [0.29, 0.717) is 0 Å². The van der Waals surface area contributed by atoms with Gasteiger partial charge < -0.3 is 5.32 Å². The number of hydrogen-bond acceptors (Lipinski definition) is 3. The summed E-state index contributed by atoms with van der Waals surface area (Å²) in [5.74, 6) is 0. The second-order valence-electron chi connectivity index (χ2n) is 3.85. The molecular weight excluding hydrogens is 188 g/mol. The Morgan fingerprint density at radius 1 is 1.38 bits per heavy atom. The Bertz CT molecular complexity index is 243. The number of likely N-dealkylation sites (N-methyl/N-ethyl adjacent to an activating group) is 1. The first-order valence-electron chi connectivity index (χ1n) is 4.39. The second kappa shape index (κ2) is 4.39. The van der Waals surface area contributed by atoms with Crippen LogP contribution in [0.3, 0.4) is 0 Å². The molecular formula is C8H20N2O2S. The van der Waals surface area contributed by atoms with E-state index in [9.17, 15) is 8.42 Å². The molecule has 0 aromatic carbocycles. The van der Waals surface area contributed by atoms with Crippen LogP contribution in [0.1, 0.15) is 27.2 Å². The standard InChI is InChI=1S/C8H20N2O2S/c1-6-7(9-4)8(2,3)10-13(5,11)12/h7,9-10H,6H2,1-5H3. The average Bonchev–Trinajstić information content (AvgIpc) is 1.83. The summed E-state index contributed by atoms with van der Waals surface area (Å²) in [6.45, 7) is 5.77. The van der Waals surface area contributed by atoms with Gasteiger partial charge in [0.25, 0.3) is 0 Å². The minimum atomic E-state index is -3.14. The molecule has 0 aliphatic carbocycles. The minimum Gasteiger partial charge on any atom is -0.315 e. The van der Waals surface area contributed by atoms with Crippen molar-refractivity contribution in [3.05, 3.63) is 0 Å². The highest BCUT2D eigenvalue weighted by Crippen LogP contribution is 2.12. The van der Waals surface area contributed by atoms with E-state index in [0.717, 1.165) is 6.42 Å². The van der Waals surface area contributed by atoms with Crippen LogP contribution in [0.25, 0.3) is 0 Å². The minimum absolute atomic E-state index is 0.141. The first kappa shape index (κ1) is 12.9. The van der Waals surface area contributed by atoms with Crippen LogP contribution in [0.2, 0.25) is 0 Å². The van der Waals surface area contributed by atoms with Gasteiger partial charge in [-0.3, -0.25) is 0 Å². The van der Waals surface area contributed by atoms with E-state index >= 15 is 0 Å². The van der Waals surface area contributed by atoms with E-state index in [2.05, 4.69) is 10.0 Å². The Morgan fingerprint density at radius 3 is 2.08 bits per heavy atom. The molecule has 5 heteroatoms. The summed E-state index contributed by atoms with van der Waals surface area (Å²) in [5.41, 5.74) is -0.447. The second-order valence-corrected chi connectivity index (χ2v) is 5.59. The predicted molar refractivity (Wildman–Crippen MR) is 55.2 cm³/mol. The number of nitrogens with one attached hydrogen (secondary N) is 2. The lowest BCUT2D eigenvalue weighted by Crippen LogP contribution is -2.56. The van der Waals surface area contributed by atoms with E-state index in [-0.39, 0.29) is 6.04 Å². The molecule has 0 rings (SSSR count). The van der Waals surface area contributed by atoms with Crippen molar-refractivity contribution in [3.63, 3.8) is 0 Å². The molecule has 0 aliphatic rings. The van der Waals surface area contributed by atoms with Crippen LogP contribution >= 0.6 is 0 Å². The maximum Gasteiger partial charge on any atom is 0.209 e. The maximum absolute atomic E-state index is 11.0. The highest BCUT2D eigenvalue weighted by molar-refractivity contribution is 7.88. The SMILES string of the molecule is CCC(NC)C(C)(C)NS(C)(=O)=O. The Morgan fingerprint density at radius 2 is 1.85 bits per heavy atom. The fourth-order valence-corrected chi connectivity index (χ4v) is 2.72. The van der Waals surface area contributed by atoms with Crippen LogP contribution in [-0.4, -0.2) is 33.3 Å². The van der Waals surface area contributed by atoms with Crippen molar-refractivity contribution in [1.29, 1.82) is 0 Å². The molecule has 1 unspecified atom stereocenters. The Kier molecular flexibility index (Phi) is 4.35. The molecule has 0 saturated carbocycles. The molecule has 13 heavy (non-hydrogen) atoms. The van der Waals surface area contributed by atoms with Gasteiger partial charge in [0, 0.05) is 11.6 Å². The molecule has 0 bridgehead atoms. The normalized spacial score (nSPS) is 15.8. The maximum atomic E-state index is 11.0. The molecule has 1 atom stereocenters. The van der Waals surface area contributed by atoms with Crippen molar-refractivity contribution in [2.75, 3.05) is 13.3 Å². The van der Waals surface area contributed by atoms with E-state index in [1.807, 2.05) is 27.8 Å². The zero-order valence-electron chi connectivity index (χ0n) is 9.01. The van der Waals surface area contributed by atoms with Gasteiger partial charge in [-0.2, -0.15) is 0 Å². The average molecular weight is 208 g/mol. The molecule has 0 aromatic rings. The van der Waals surface area contributed by atoms with Gasteiger partial charge in [-0.1, -0.05) is 6.92 Å². The van der Waals surface area contributed by atoms with Crippen molar-refractivity contribution in [2.24, 2.45) is 0 Å². The molecule has 0 amide bonds. The van der Waals surface area contributed by atoms with E-state index in [4.69, 9.17) is 0 Å². The fourth-order valence-electron chi connectivity index (χ4n) is 1.62. The largest absolute Gasteiger partial charge is 0.315 e. The summed E-state index contributed by atoms with van der Waals surface area (Å²) < 4.78 is 24.7. The molecule has 80 valence electrons. The molecule has 0 saturated heterocycles. The summed E-state index contributed by atoms with van der Waals surface area (Å²) >= 11 is 0. The smallest absolute Gasteiger partial charge is 0.209 e. The zero-order chi connectivity index (χ0) is 10.7. The zero-order valence-corrected chi connectivity index (χ0v) is 9.83. The van der Waals surface area contributed by atoms with Gasteiger partial charge in [-0.05, 0) is 27.3 Å². The molecule has 0 aliphatic heterocycles. The molecule has 0 spiro atoms. The quantitative estimate of drug-likeness (QED) is 0.684. The van der Waals surface area contributed by atoms with Crippen molar-refractivity contribution < 1.29 is 8.42 Å². The number of sulfonamides is 1. The summed E-state index contributed by atoms with van der Waals surface area (Å²) in [5, 5.41) is 3.09. The summed E-state index contributed by atoms with van der Waals surface area (Å²) in [4.78, 5) is 0. The molecule has 4 nitrogen and oxygen atoms in total. The van der Waals surface area contributed by atoms with E-state index in [1.54, 1.807) is 0 Å². The van der Waals surface area contributed by atoms with Gasteiger partial charge in [0.1, 0.15) is 0 Å². The topological polar surface area (TPSA) is 58.2 Å². The van der Waals surface area contributed by atoms with Crippen molar-refractivity contribution >= 4 is 10.0 Å². The van der Waals surface area contributed by atoms with E-state index in [1.165, 1.54) is 6.26 Å². The Hall–Kier alpha value is -0.130. The van der Waals surface area contributed by atoms with E-state index < -0.39 is 15.6 Å². The van der Waals surface area contributed by atoms with Crippen molar-refractivity contribution in [1.82, 2.24) is 10.0 Å². The van der Waals surface area contributed by atoms with Crippen molar-refractivity contribution in [2.45, 2.75) is 38.8 Å². The van der Waals surface area contributed by atoms with Crippen LogP contribution in [0.4, 0.5) is 0 Å². The highest BCUT2D eigenvalue weighted by atomic mass is 32.2. The summed E-state index contributed by atoms with van der Waals surface area (Å²) in [6, 6.07) is 0.141. The number of hydrogen-bond donors (Lipinski definition) is 2. The third-order valence-electron chi connectivity index (χ3n) is 2.08. The number of rotatable bonds is 5. The molecule has 0 fully saturated rings. The third-order valence-corrected chi connectivity index (χ3v) is 2.97. The lowest BCUT2D eigenvalue weighted by atomic mass is 9.94. The summed E-state index contributed by atoms with van der Waals surface area (Å²) in [7, 11) is -1.30. The fraction of sp³-hybridized carbons (Fsp3) is 1.00. The van der Waals surface area contributed by atoms with Crippen LogP contribution in [-0.2, 0) is 10.0 Å². The first-order valence-corrected chi connectivity index (χ1v) is 6.28. The Labute approximate surface area is 81.2 Å². The lowest BCUT2D eigenvalue weighted by Gasteiger charge is -2.33. The van der Waals surface area contributed by atoms with Crippen molar-refractivity contribution in [3.8, 4) is 0 Å². The highest BCUT2D eigenvalue weighted by Gasteiger charge is 2.29. The third kappa shape index (κ3) is 4.59. The summed E-state index contributed by atoms with van der Waals surface area (Å²) in [6.07, 6.45) is 2.06. The van der Waals surface area contributed by atoms with Crippen LogP contribution in [0.5, 0.6) is 0 Å². The lowest BCUT2D eigenvalue weighted by molar-refractivity contribution is 0.322. The van der Waals surface area contributed by atoms with Gasteiger partial charge in [-0.15, -0.1) is 0 Å². The van der Waals surface area contributed by atoms with Gasteiger partial charge in [-0.25, -0.2) is 13.1 Å². The van der Waals surface area contributed by atoms with Crippen LogP contribution in [0.15, 0.2) is 0 Å². The Balaban J connectivity index is 4.55. The molecule has 2 N–H and O–H groups in total. The molecule has 0 aromatic heterocycles. The van der Waals surface area contributed by atoms with Gasteiger partial charge in [0.2, 0.25) is 10.0 Å². The van der Waals surface area contributed by atoms with Gasteiger partial charge >= 0.3 is 0 Å². The van der Waals surface area contributed by atoms with Gasteiger partial charge in [0.05, 0.1) is 6.26 Å². The monoisotopic (exact) mass is 208 g/mol. The molecule has 0 radical (unpaired) electrons.